The lowest BCUT2D eigenvalue weighted by atomic mass is 10.3. The fourth-order valence-corrected chi connectivity index (χ4v) is 3.38. The highest BCUT2D eigenvalue weighted by Crippen LogP contribution is 2.27. The van der Waals surface area contributed by atoms with Gasteiger partial charge in [-0.1, -0.05) is 15.9 Å². The van der Waals surface area contributed by atoms with Gasteiger partial charge in [0.2, 0.25) is 10.0 Å². The summed E-state index contributed by atoms with van der Waals surface area (Å²) in [5.41, 5.74) is -0.546. The van der Waals surface area contributed by atoms with Gasteiger partial charge in [0.05, 0.1) is 24.2 Å². The second-order valence-corrected chi connectivity index (χ2v) is 6.42. The zero-order valence-corrected chi connectivity index (χ0v) is 12.8. The van der Waals surface area contributed by atoms with Crippen molar-refractivity contribution >= 4 is 31.6 Å². The Morgan fingerprint density at radius 3 is 2.70 bits per heavy atom. The molecule has 20 heavy (non-hydrogen) atoms. The summed E-state index contributed by atoms with van der Waals surface area (Å²) < 4.78 is 31.6. The molecule has 0 aliphatic carbocycles. The van der Waals surface area contributed by atoms with Crippen LogP contribution in [0, 0.1) is 10.1 Å². The van der Waals surface area contributed by atoms with Gasteiger partial charge in [-0.05, 0) is 12.1 Å². The molecule has 1 unspecified atom stereocenters. The first-order valence-electron chi connectivity index (χ1n) is 5.38. The number of benzene rings is 1. The number of methoxy groups -OCH3 is 1. The van der Waals surface area contributed by atoms with Crippen LogP contribution in [0.5, 0.6) is 0 Å². The quantitative estimate of drug-likeness (QED) is 0.538. The van der Waals surface area contributed by atoms with Crippen LogP contribution in [0.25, 0.3) is 0 Å². The van der Waals surface area contributed by atoms with E-state index in [1.54, 1.807) is 0 Å². The van der Waals surface area contributed by atoms with E-state index in [1.165, 1.54) is 13.2 Å². The van der Waals surface area contributed by atoms with E-state index in [0.717, 1.165) is 12.1 Å². The van der Waals surface area contributed by atoms with Crippen LogP contribution in [0.2, 0.25) is 0 Å². The Hall–Kier alpha value is -1.07. The van der Waals surface area contributed by atoms with Crippen LogP contribution >= 0.6 is 15.9 Å². The van der Waals surface area contributed by atoms with E-state index in [9.17, 15) is 18.5 Å². The highest BCUT2D eigenvalue weighted by molar-refractivity contribution is 9.10. The van der Waals surface area contributed by atoms with E-state index in [-0.39, 0.29) is 6.61 Å². The van der Waals surface area contributed by atoms with Crippen molar-refractivity contribution in [2.45, 2.75) is 10.9 Å². The van der Waals surface area contributed by atoms with E-state index in [0.29, 0.717) is 4.47 Å². The summed E-state index contributed by atoms with van der Waals surface area (Å²) in [7, 11) is -2.81. The van der Waals surface area contributed by atoms with Gasteiger partial charge < -0.3 is 9.84 Å². The summed E-state index contributed by atoms with van der Waals surface area (Å²) >= 11 is 3.06. The van der Waals surface area contributed by atoms with Crippen LogP contribution < -0.4 is 4.72 Å². The van der Waals surface area contributed by atoms with Crippen molar-refractivity contribution < 1.29 is 23.2 Å². The van der Waals surface area contributed by atoms with Crippen molar-refractivity contribution in [2.75, 3.05) is 20.3 Å². The maximum absolute atomic E-state index is 12.2. The van der Waals surface area contributed by atoms with Crippen LogP contribution in [-0.2, 0) is 14.8 Å². The van der Waals surface area contributed by atoms with Crippen LogP contribution in [-0.4, -0.2) is 44.8 Å². The molecule has 0 heterocycles. The number of nitro benzene ring substituents is 1. The third-order valence-electron chi connectivity index (χ3n) is 2.32. The zero-order valence-electron chi connectivity index (χ0n) is 10.4. The zero-order chi connectivity index (χ0) is 15.3. The van der Waals surface area contributed by atoms with Gasteiger partial charge in [0, 0.05) is 17.6 Å². The Kier molecular flexibility index (Phi) is 6.02. The molecule has 0 saturated heterocycles. The van der Waals surface area contributed by atoms with Gasteiger partial charge in [-0.25, -0.2) is 13.1 Å². The summed E-state index contributed by atoms with van der Waals surface area (Å²) in [5.74, 6) is 0. The van der Waals surface area contributed by atoms with Crippen molar-refractivity contribution in [3.8, 4) is 0 Å². The van der Waals surface area contributed by atoms with E-state index in [4.69, 9.17) is 9.84 Å². The molecule has 2 N–H and O–H groups in total. The van der Waals surface area contributed by atoms with Crippen LogP contribution in [0.4, 0.5) is 5.69 Å². The summed E-state index contributed by atoms with van der Waals surface area (Å²) in [4.78, 5) is 9.62. The minimum Gasteiger partial charge on any atom is -0.395 e. The topological polar surface area (TPSA) is 119 Å². The SMILES string of the molecule is COCC(CO)NS(=O)(=O)c1cc(Br)ccc1[N+](=O)[O-]. The number of hydrogen-bond donors (Lipinski definition) is 2. The van der Waals surface area contributed by atoms with Gasteiger partial charge >= 0.3 is 0 Å². The molecule has 0 fully saturated rings. The Morgan fingerprint density at radius 1 is 1.55 bits per heavy atom. The molecule has 1 aromatic carbocycles. The monoisotopic (exact) mass is 368 g/mol. The Balaban J connectivity index is 3.21. The summed E-state index contributed by atoms with van der Waals surface area (Å²) in [6.45, 7) is -0.549. The van der Waals surface area contributed by atoms with E-state index in [2.05, 4.69) is 20.7 Å². The molecular formula is C10H13BrN2O6S. The number of sulfonamides is 1. The van der Waals surface area contributed by atoms with E-state index < -0.39 is 38.2 Å². The highest BCUT2D eigenvalue weighted by Gasteiger charge is 2.28. The first-order valence-corrected chi connectivity index (χ1v) is 7.65. The predicted molar refractivity (Wildman–Crippen MR) is 73.9 cm³/mol. The fraction of sp³-hybridized carbons (Fsp3) is 0.400. The normalized spacial score (nSPS) is 13.2. The van der Waals surface area contributed by atoms with Crippen LogP contribution in [0.1, 0.15) is 0 Å². The van der Waals surface area contributed by atoms with E-state index in [1.807, 2.05) is 0 Å². The molecule has 1 rings (SSSR count). The molecule has 0 radical (unpaired) electrons. The van der Waals surface area contributed by atoms with Gasteiger partial charge in [0.1, 0.15) is 0 Å². The smallest absolute Gasteiger partial charge is 0.289 e. The number of aliphatic hydroxyl groups excluding tert-OH is 1. The third kappa shape index (κ3) is 4.21. The Morgan fingerprint density at radius 2 is 2.20 bits per heavy atom. The standard InChI is InChI=1S/C10H13BrN2O6S/c1-19-6-8(5-14)12-20(17,18)10-4-7(11)2-3-9(10)13(15)16/h2-4,8,12,14H,5-6H2,1H3. The van der Waals surface area contributed by atoms with Gasteiger partial charge in [0.25, 0.3) is 5.69 Å². The lowest BCUT2D eigenvalue weighted by Crippen LogP contribution is -2.40. The van der Waals surface area contributed by atoms with Crippen molar-refractivity contribution in [1.29, 1.82) is 0 Å². The maximum atomic E-state index is 12.2. The van der Waals surface area contributed by atoms with Gasteiger partial charge in [-0.2, -0.15) is 0 Å². The third-order valence-corrected chi connectivity index (χ3v) is 4.36. The molecule has 0 aliphatic rings. The van der Waals surface area contributed by atoms with Crippen molar-refractivity contribution in [1.82, 2.24) is 4.72 Å². The van der Waals surface area contributed by atoms with Crippen LogP contribution in [0.3, 0.4) is 0 Å². The minimum atomic E-state index is -4.15. The molecule has 0 spiro atoms. The second-order valence-electron chi connectivity index (χ2n) is 3.83. The van der Waals surface area contributed by atoms with Gasteiger partial charge in [-0.15, -0.1) is 0 Å². The lowest BCUT2D eigenvalue weighted by molar-refractivity contribution is -0.387. The number of ether oxygens (including phenoxy) is 1. The van der Waals surface area contributed by atoms with Crippen molar-refractivity contribution in [3.05, 3.63) is 32.8 Å². The number of nitrogens with zero attached hydrogens (tertiary/aromatic N) is 1. The minimum absolute atomic E-state index is 0.0580. The molecule has 8 nitrogen and oxygen atoms in total. The predicted octanol–water partition coefficient (Wildman–Crippen LogP) is 0.643. The summed E-state index contributed by atoms with van der Waals surface area (Å²) in [6, 6.07) is 2.70. The molecule has 1 atom stereocenters. The number of halogens is 1. The summed E-state index contributed by atoms with van der Waals surface area (Å²) in [5, 5.41) is 19.9. The molecule has 0 bridgehead atoms. The number of rotatable bonds is 7. The van der Waals surface area contributed by atoms with Crippen LogP contribution in [0.15, 0.2) is 27.6 Å². The first-order chi connectivity index (χ1) is 9.31. The molecule has 112 valence electrons. The Labute approximate surface area is 124 Å². The van der Waals surface area contributed by atoms with Crippen molar-refractivity contribution in [2.24, 2.45) is 0 Å². The first kappa shape index (κ1) is 17.0. The second kappa shape index (κ2) is 7.09. The molecule has 0 aromatic heterocycles. The molecule has 0 saturated carbocycles. The fourth-order valence-electron chi connectivity index (χ4n) is 1.46. The lowest BCUT2D eigenvalue weighted by Gasteiger charge is -2.15. The molecule has 0 amide bonds. The molecule has 1 aromatic rings. The number of nitro groups is 1. The molecular weight excluding hydrogens is 356 g/mol. The summed E-state index contributed by atoms with van der Waals surface area (Å²) in [6.07, 6.45) is 0. The van der Waals surface area contributed by atoms with Crippen molar-refractivity contribution in [3.63, 3.8) is 0 Å². The van der Waals surface area contributed by atoms with Gasteiger partial charge in [-0.3, -0.25) is 10.1 Å². The molecule has 0 aliphatic heterocycles. The number of hydrogen-bond acceptors (Lipinski definition) is 6. The number of aliphatic hydroxyl groups is 1. The Bertz CT molecular complexity index is 591. The average molecular weight is 369 g/mol. The average Bonchev–Trinajstić information content (AvgIpc) is 2.37. The maximum Gasteiger partial charge on any atom is 0.289 e. The largest absolute Gasteiger partial charge is 0.395 e. The number of nitrogens with one attached hydrogen (secondary N) is 1. The van der Waals surface area contributed by atoms with Gasteiger partial charge in [0.15, 0.2) is 4.90 Å². The van der Waals surface area contributed by atoms with E-state index >= 15 is 0 Å². The molecule has 10 heteroatoms. The highest BCUT2D eigenvalue weighted by atomic mass is 79.9.